The van der Waals surface area contributed by atoms with Crippen molar-refractivity contribution in [3.05, 3.63) is 288 Å². The van der Waals surface area contributed by atoms with E-state index in [1.165, 1.54) is 62.7 Å². The summed E-state index contributed by atoms with van der Waals surface area (Å²) in [6.45, 7) is 60.0. The fourth-order valence-electron chi connectivity index (χ4n) is 14.7. The molecule has 0 radical (unpaired) electrons. The fraction of sp³-hybridized carbons (Fsp3) is 0.355. The molecule has 16 heteroatoms. The lowest BCUT2D eigenvalue weighted by molar-refractivity contribution is -0.276. The highest BCUT2D eigenvalue weighted by Crippen LogP contribution is 2.53. The van der Waals surface area contributed by atoms with Gasteiger partial charge in [0.05, 0.1) is 87.5 Å². The van der Waals surface area contributed by atoms with Gasteiger partial charge in [0.1, 0.15) is 36.1 Å². The lowest BCUT2D eigenvalue weighted by atomic mass is 9.80. The van der Waals surface area contributed by atoms with E-state index < -0.39 is 116 Å². The number of rotatable bonds is 29. The molecule has 0 unspecified atom stereocenters. The Bertz CT molecular complexity index is 4240. The monoisotopic (exact) mass is 1620 g/mol. The molecule has 0 bridgehead atoms. The number of ether oxygens (including phenoxy) is 4. The molecule has 574 valence electrons. The molecule has 1 aliphatic rings. The molecule has 6 nitrogen and oxygen atoms in total. The average Bonchev–Trinajstić information content (AvgIpc) is 1.41. The van der Waals surface area contributed by atoms with Crippen LogP contribution >= 0.6 is 16.3 Å². The second kappa shape index (κ2) is 32.8. The van der Waals surface area contributed by atoms with Crippen molar-refractivity contribution in [3.63, 3.8) is 0 Å². The molecule has 0 saturated carbocycles. The Morgan fingerprint density at radius 3 is 0.716 bits per heavy atom. The van der Waals surface area contributed by atoms with Crippen LogP contribution in [-0.4, -0.2) is 109 Å². The van der Waals surface area contributed by atoms with Gasteiger partial charge in [-0.25, -0.2) is 0 Å². The van der Waals surface area contributed by atoms with Gasteiger partial charge in [-0.15, -0.1) is 0 Å². The van der Waals surface area contributed by atoms with Crippen LogP contribution in [0.4, 0.5) is 0 Å². The summed E-state index contributed by atoms with van der Waals surface area (Å²) in [6, 6.07) is 95.3. The van der Waals surface area contributed by atoms with Crippen LogP contribution < -0.4 is 62.7 Å². The van der Waals surface area contributed by atoms with E-state index in [-0.39, 0.29) is 13.2 Å². The average molecular weight is 1620 g/mol. The third kappa shape index (κ3) is 19.0. The molecular weight excluding hydrogens is 1500 g/mol. The summed E-state index contributed by atoms with van der Waals surface area (Å²) < 4.78 is 50.7. The van der Waals surface area contributed by atoms with E-state index >= 15 is 0 Å². The quantitative estimate of drug-likeness (QED) is 0.0265. The summed E-state index contributed by atoms with van der Waals surface area (Å²) in [5, 5.41) is 16.2. The summed E-state index contributed by atoms with van der Waals surface area (Å²) in [4.78, 5) is 0. The van der Waals surface area contributed by atoms with Crippen molar-refractivity contribution in [2.75, 3.05) is 20.3 Å². The van der Waals surface area contributed by atoms with E-state index in [0.717, 1.165) is 33.4 Å². The first-order valence-electron chi connectivity index (χ1n) is 39.4. The molecule has 1 aliphatic heterocycles. The standard InChI is InChI=1S/C93H124O6P2Si8/c1-94-91(69-96-93(73-50-38-29-39-51-73,74-52-40-30-41-53-74)75-54-42-31-43-55-75)90(99-101(78-60-84(106(14,15)16)66-85(61-78)107(17,18)19)79-62-86(108(20,21)22)67-87(63-79)109(23,24)25)89(88(97-91)68-95-92(70-44-32-26-33-45-70,71-46-34-27-35-47-71)72-48-36-28-37-49-72)98-100(76-56-80(102(2,3)4)64-81(57-76)103(5,6)7)77-58-82(104(8,9)10)65-83(59-77)105(11,12)13/h26-67,88-90H,68-69H2,1-25H3/t88-,89-,90+,91+/m1/s1. The van der Waals surface area contributed by atoms with Crippen LogP contribution in [0.15, 0.2) is 255 Å². The van der Waals surface area contributed by atoms with E-state index in [9.17, 15) is 0 Å². The van der Waals surface area contributed by atoms with Gasteiger partial charge < -0.3 is 28.0 Å². The molecule has 0 amide bonds. The van der Waals surface area contributed by atoms with Crippen LogP contribution in [0.2, 0.25) is 157 Å². The first-order chi connectivity index (χ1) is 51.0. The smallest absolute Gasteiger partial charge is 0.222 e. The zero-order valence-electron chi connectivity index (χ0n) is 70.2. The van der Waals surface area contributed by atoms with Crippen molar-refractivity contribution in [2.24, 2.45) is 0 Å². The number of hydrogen-bond donors (Lipinski definition) is 0. The predicted octanol–water partition coefficient (Wildman–Crippen LogP) is 18.0. The third-order valence-corrected chi connectivity index (χ3v) is 41.8. The van der Waals surface area contributed by atoms with Crippen molar-refractivity contribution >= 4 is 144 Å². The molecule has 0 aliphatic carbocycles. The predicted molar refractivity (Wildman–Crippen MR) is 497 cm³/mol. The molecule has 11 rings (SSSR count). The number of hydrogen-bond acceptors (Lipinski definition) is 6. The van der Waals surface area contributed by atoms with Crippen LogP contribution in [-0.2, 0) is 39.2 Å². The Labute approximate surface area is 667 Å². The van der Waals surface area contributed by atoms with Gasteiger partial charge in [-0.05, 0) is 33.4 Å². The second-order valence-corrected chi connectivity index (χ2v) is 82.9. The Hall–Kier alpha value is -5.44. The van der Waals surface area contributed by atoms with Crippen LogP contribution in [0.1, 0.15) is 33.4 Å². The highest BCUT2D eigenvalue weighted by atomic mass is 31.1. The van der Waals surface area contributed by atoms with Crippen molar-refractivity contribution in [1.82, 2.24) is 0 Å². The highest BCUT2D eigenvalue weighted by Gasteiger charge is 2.62. The van der Waals surface area contributed by atoms with Crippen LogP contribution in [0.25, 0.3) is 0 Å². The van der Waals surface area contributed by atoms with Crippen molar-refractivity contribution in [2.45, 2.75) is 192 Å². The van der Waals surface area contributed by atoms with Gasteiger partial charge in [-0.2, -0.15) is 0 Å². The zero-order chi connectivity index (χ0) is 79.1. The molecule has 0 N–H and O–H groups in total. The number of methoxy groups -OCH3 is 1. The summed E-state index contributed by atoms with van der Waals surface area (Å²) >= 11 is 0. The zero-order valence-corrected chi connectivity index (χ0v) is 80.0. The van der Waals surface area contributed by atoms with Crippen LogP contribution in [0.3, 0.4) is 0 Å². The van der Waals surface area contributed by atoms with Crippen LogP contribution in [0, 0.1) is 0 Å². The molecule has 1 fully saturated rings. The molecule has 4 atom stereocenters. The SMILES string of the molecule is CO[C@@]1(COC(c2ccccc2)(c2ccccc2)c2ccccc2)O[C@H](COC(c2ccccc2)(c2ccccc2)c2ccccc2)[C@@H](OP(c2cc([Si](C)(C)C)cc([Si](C)(C)C)c2)c2cc([Si](C)(C)C)cc([Si](C)(C)C)c2)[C@@H]1OP(c1cc([Si](C)(C)C)cc([Si](C)(C)C)c1)c1cc([Si](C)(C)C)cc([Si](C)(C)C)c1. The molecule has 109 heavy (non-hydrogen) atoms. The number of benzene rings is 10. The Morgan fingerprint density at radius 2 is 0.505 bits per heavy atom. The maximum atomic E-state index is 9.01. The molecular formula is C93H124O6P2Si8. The van der Waals surface area contributed by atoms with Crippen LogP contribution in [0.5, 0.6) is 0 Å². The van der Waals surface area contributed by atoms with E-state index in [1.54, 1.807) is 0 Å². The first kappa shape index (κ1) is 84.5. The van der Waals surface area contributed by atoms with Crippen molar-refractivity contribution in [3.8, 4) is 0 Å². The Kier molecular flexibility index (Phi) is 25.4. The minimum absolute atomic E-state index is 0.0522. The lowest BCUT2D eigenvalue weighted by Gasteiger charge is -2.41. The lowest BCUT2D eigenvalue weighted by Crippen LogP contribution is -2.53. The van der Waals surface area contributed by atoms with Gasteiger partial charge in [0, 0.05) is 28.3 Å². The topological polar surface area (TPSA) is 55.4 Å². The molecule has 0 aromatic heterocycles. The largest absolute Gasteiger partial charge is 0.358 e. The van der Waals surface area contributed by atoms with E-state index in [2.05, 4.69) is 412 Å². The summed E-state index contributed by atoms with van der Waals surface area (Å²) in [7, 11) is -17.9. The van der Waals surface area contributed by atoms with Crippen molar-refractivity contribution in [1.29, 1.82) is 0 Å². The summed E-state index contributed by atoms with van der Waals surface area (Å²) in [5.74, 6) is -1.71. The molecule has 0 spiro atoms. The normalized spacial score (nSPS) is 17.4. The van der Waals surface area contributed by atoms with Gasteiger partial charge in [0.15, 0.2) is 0 Å². The van der Waals surface area contributed by atoms with E-state index in [4.69, 9.17) is 28.0 Å². The van der Waals surface area contributed by atoms with Gasteiger partial charge >= 0.3 is 0 Å². The molecule has 10 aromatic rings. The van der Waals surface area contributed by atoms with Gasteiger partial charge in [-0.3, -0.25) is 0 Å². The molecule has 1 saturated heterocycles. The van der Waals surface area contributed by atoms with Gasteiger partial charge in [-0.1, -0.05) is 453 Å². The Morgan fingerprint density at radius 1 is 0.294 bits per heavy atom. The third-order valence-electron chi connectivity index (χ3n) is 21.8. The van der Waals surface area contributed by atoms with Crippen molar-refractivity contribution < 1.29 is 28.0 Å². The summed E-state index contributed by atoms with van der Waals surface area (Å²) in [5.41, 5.74) is 3.54. The van der Waals surface area contributed by atoms with Gasteiger partial charge in [0.2, 0.25) is 5.79 Å². The molecule has 10 aromatic carbocycles. The Balaban J connectivity index is 1.30. The van der Waals surface area contributed by atoms with Gasteiger partial charge in [0.25, 0.3) is 0 Å². The highest BCUT2D eigenvalue weighted by molar-refractivity contribution is 7.69. The second-order valence-electron chi connectivity index (χ2n) is 38.6. The van der Waals surface area contributed by atoms with E-state index in [1.807, 2.05) is 7.11 Å². The summed E-state index contributed by atoms with van der Waals surface area (Å²) in [6.07, 6.45) is -2.74. The fourth-order valence-corrected chi connectivity index (χ4v) is 29.8. The maximum absolute atomic E-state index is 9.01. The minimum Gasteiger partial charge on any atom is -0.358 e. The maximum Gasteiger partial charge on any atom is 0.222 e. The minimum atomic E-state index is -2.03. The first-order valence-corrected chi connectivity index (χ1v) is 69.9. The molecule has 1 heterocycles. The van der Waals surface area contributed by atoms with E-state index in [0.29, 0.717) is 0 Å².